The van der Waals surface area contributed by atoms with Crippen LogP contribution in [-0.2, 0) is 48.0 Å². The topological polar surface area (TPSA) is 193 Å². The Bertz CT molecular complexity index is 3350. The van der Waals surface area contributed by atoms with Crippen LogP contribution in [0.4, 0.5) is 0 Å². The summed E-state index contributed by atoms with van der Waals surface area (Å²) in [6.07, 6.45) is 9.83. The van der Waals surface area contributed by atoms with Gasteiger partial charge in [-0.2, -0.15) is 0 Å². The largest absolute Gasteiger partial charge is 1.00 e. The van der Waals surface area contributed by atoms with Gasteiger partial charge in [-0.05, 0) is 214 Å². The van der Waals surface area contributed by atoms with E-state index in [0.717, 1.165) is 136 Å². The normalized spacial score (nSPS) is 22.8. The second kappa shape index (κ2) is 27.8. The van der Waals surface area contributed by atoms with Crippen LogP contribution in [0.3, 0.4) is 0 Å². The smallest absolute Gasteiger partial charge is 0.870 e. The Labute approximate surface area is 522 Å². The number of phenolic OH excluding ortho intramolecular Hbond substituents is 3. The van der Waals surface area contributed by atoms with E-state index in [1.807, 2.05) is 61.5 Å². The number of aliphatic hydroxyl groups excluding tert-OH is 1. The molecule has 7 atom stereocenters. The Morgan fingerprint density at radius 1 is 0.578 bits per heavy atom. The van der Waals surface area contributed by atoms with Gasteiger partial charge in [0.1, 0.15) is 17.2 Å². The third kappa shape index (κ3) is 13.4. The Hall–Kier alpha value is -4.63. The summed E-state index contributed by atoms with van der Waals surface area (Å²) in [4.78, 5) is 31.3. The molecule has 18 heteroatoms. The summed E-state index contributed by atoms with van der Waals surface area (Å²) < 4.78 is 11.2. The number of carbonyl (C=O) groups is 2. The third-order valence-electron chi connectivity index (χ3n) is 18.0. The van der Waals surface area contributed by atoms with E-state index in [1.54, 1.807) is 12.1 Å². The number of likely N-dealkylation sites (N-methyl/N-ethyl adjacent to an activating group) is 3. The zero-order valence-corrected chi connectivity index (χ0v) is 51.5. The first-order chi connectivity index (χ1) is 38.9. The maximum Gasteiger partial charge on any atom is 1.00 e. The number of nitrogens with zero attached hydrogens (tertiary/aromatic N) is 3. The molecule has 83 heavy (non-hydrogen) atoms. The number of carbonyl (C=O) groups excluding carboxylic acids is 1. The molecule has 7 aliphatic rings. The molecule has 6 N–H and O–H groups in total. The number of carboxylic acid groups (broad SMARTS) is 1. The van der Waals surface area contributed by atoms with Gasteiger partial charge in [-0.1, -0.05) is 87.1 Å². The van der Waals surface area contributed by atoms with Gasteiger partial charge in [0.2, 0.25) is 0 Å². The van der Waals surface area contributed by atoms with Crippen LogP contribution >= 0.6 is 50.7 Å². The number of hydrogen-bond donors (Lipinski definition) is 5. The number of carboxylic acids is 1. The fourth-order valence-electron chi connectivity index (χ4n) is 14.0. The summed E-state index contributed by atoms with van der Waals surface area (Å²) in [5, 5.41) is 49.9. The molecule has 1 fully saturated rings. The standard InChI is InChI=1S/C22H24ClNO3.C20H20ClNO3.C19H19BrClNO.C4H8O2.Li.H2O/c1-3-27-22(26)16-6-4-5-15-14(16)7-8-19-21(15)17-12-20(25)18(23)11-13(17)9-10-24(19)2;1-22-8-7-11-9-16(21)18(23)10-15(11)19-13-3-2-4-14(20(24)25)12(13)5-6-17(19)22;1-22-8-7-11-9-16(21)18(23)10-14(11)19-13-3-2-4-15(20)12(13)5-6-17(19)22;5-4-2-1-3-6-4;;/h4-6,11-12,19,21,25H,3,7-10H2,1-2H3;2-4,9-10,17,19,23H,5-8H2,1H3,(H,24,25);2-4,9-10,17,19,23H,5-8H2,1H3;4-5H,1-3H2;;1H2/q;;;;+1;/p-1/t19-,21+;2*17-,19+;;;/m000.../s1. The van der Waals surface area contributed by atoms with Gasteiger partial charge in [0.05, 0.1) is 32.8 Å². The molecule has 0 aromatic heterocycles. The van der Waals surface area contributed by atoms with E-state index in [9.17, 15) is 30.0 Å². The molecule has 436 valence electrons. The van der Waals surface area contributed by atoms with Crippen molar-refractivity contribution in [3.63, 3.8) is 0 Å². The second-order valence-corrected chi connectivity index (χ2v) is 24.6. The molecule has 1 unspecified atom stereocenters. The first-order valence-electron chi connectivity index (χ1n) is 28.3. The minimum absolute atomic E-state index is 0. The van der Waals surface area contributed by atoms with Gasteiger partial charge >= 0.3 is 30.8 Å². The number of aromatic carboxylic acids is 1. The quantitative estimate of drug-likeness (QED) is 0.0832. The monoisotopic (exact) mass is 1250 g/mol. The van der Waals surface area contributed by atoms with Crippen molar-refractivity contribution in [2.45, 2.75) is 120 Å². The van der Waals surface area contributed by atoms with Crippen LogP contribution in [0.5, 0.6) is 17.2 Å². The van der Waals surface area contributed by atoms with Crippen molar-refractivity contribution in [2.24, 2.45) is 0 Å². The van der Waals surface area contributed by atoms with Gasteiger partial charge in [0.25, 0.3) is 0 Å². The molecule has 4 heterocycles. The van der Waals surface area contributed by atoms with Crippen molar-refractivity contribution in [1.29, 1.82) is 0 Å². The van der Waals surface area contributed by atoms with Crippen LogP contribution in [0.15, 0.2) is 95.5 Å². The molecule has 0 bridgehead atoms. The van der Waals surface area contributed by atoms with Gasteiger partial charge in [-0.15, -0.1) is 0 Å². The predicted molar refractivity (Wildman–Crippen MR) is 323 cm³/mol. The molecule has 0 saturated carbocycles. The summed E-state index contributed by atoms with van der Waals surface area (Å²) in [6.45, 7) is 5.82. The average Bonchev–Trinajstić information content (AvgIpc) is 4.10. The first kappa shape index (κ1) is 64.4. The Kier molecular flexibility index (Phi) is 21.6. The number of aromatic hydroxyl groups is 3. The molecule has 0 amide bonds. The van der Waals surface area contributed by atoms with Crippen molar-refractivity contribution in [2.75, 3.05) is 54.0 Å². The molecule has 6 aromatic carbocycles. The van der Waals surface area contributed by atoms with Crippen LogP contribution in [0.2, 0.25) is 15.1 Å². The molecule has 3 aliphatic carbocycles. The van der Waals surface area contributed by atoms with E-state index in [1.165, 1.54) is 32.3 Å². The van der Waals surface area contributed by atoms with Crippen molar-refractivity contribution >= 4 is 62.7 Å². The molecule has 13 rings (SSSR count). The van der Waals surface area contributed by atoms with Crippen molar-refractivity contribution in [3.05, 3.63) is 188 Å². The Morgan fingerprint density at radius 2 is 0.964 bits per heavy atom. The molecule has 0 radical (unpaired) electrons. The molecule has 1 saturated heterocycles. The van der Waals surface area contributed by atoms with Crippen molar-refractivity contribution < 1.29 is 68.9 Å². The van der Waals surface area contributed by atoms with Crippen LogP contribution in [0.25, 0.3) is 0 Å². The van der Waals surface area contributed by atoms with Crippen molar-refractivity contribution in [3.8, 4) is 17.2 Å². The summed E-state index contributed by atoms with van der Waals surface area (Å²) in [5.41, 5.74) is 15.1. The number of fused-ring (bicyclic) bond motifs is 15. The number of ether oxygens (including phenoxy) is 2. The second-order valence-electron chi connectivity index (χ2n) is 22.5. The third-order valence-corrected chi connectivity index (χ3v) is 19.6. The minimum atomic E-state index is -0.878. The Morgan fingerprint density at radius 3 is 1.34 bits per heavy atom. The van der Waals surface area contributed by atoms with E-state index < -0.39 is 12.3 Å². The predicted octanol–water partition coefficient (Wildman–Crippen LogP) is 9.52. The molecule has 13 nitrogen and oxygen atoms in total. The van der Waals surface area contributed by atoms with E-state index in [-0.39, 0.29) is 59.4 Å². The number of hydrogen-bond acceptors (Lipinski definition) is 12. The zero-order valence-electron chi connectivity index (χ0n) is 47.7. The van der Waals surface area contributed by atoms with Gasteiger partial charge < -0.3 is 55.2 Å². The number of aliphatic hydroxyl groups is 1. The summed E-state index contributed by atoms with van der Waals surface area (Å²) in [5.74, 6) is -0.289. The molecule has 6 aromatic rings. The van der Waals surface area contributed by atoms with Crippen LogP contribution in [0.1, 0.15) is 144 Å². The molecular formula is C65H72BrCl3LiN3O10. The van der Waals surface area contributed by atoms with Crippen LogP contribution < -0.4 is 18.9 Å². The van der Waals surface area contributed by atoms with Gasteiger partial charge in [-0.25, -0.2) is 9.59 Å². The number of halogens is 4. The zero-order chi connectivity index (χ0) is 57.4. The summed E-state index contributed by atoms with van der Waals surface area (Å²) in [7, 11) is 6.50. The van der Waals surface area contributed by atoms with Gasteiger partial charge in [0.15, 0.2) is 6.29 Å². The van der Waals surface area contributed by atoms with E-state index in [4.69, 9.17) is 49.4 Å². The molecule has 4 aliphatic heterocycles. The number of rotatable bonds is 3. The number of esters is 1. The van der Waals surface area contributed by atoms with E-state index >= 15 is 0 Å². The van der Waals surface area contributed by atoms with Crippen molar-refractivity contribution in [1.82, 2.24) is 14.7 Å². The molecular weight excluding hydrogens is 1180 g/mol. The number of phenols is 3. The molecule has 0 spiro atoms. The van der Waals surface area contributed by atoms with Gasteiger partial charge in [-0.3, -0.25) is 0 Å². The Balaban J connectivity index is 0.000000153. The number of benzene rings is 6. The summed E-state index contributed by atoms with van der Waals surface area (Å²) in [6, 6.07) is 30.2. The van der Waals surface area contributed by atoms with E-state index in [2.05, 4.69) is 76.0 Å². The average molecular weight is 1250 g/mol. The van der Waals surface area contributed by atoms with Crippen LogP contribution in [-0.4, -0.2) is 136 Å². The minimum Gasteiger partial charge on any atom is -0.870 e. The summed E-state index contributed by atoms with van der Waals surface area (Å²) >= 11 is 22.2. The van der Waals surface area contributed by atoms with Crippen LogP contribution in [0, 0.1) is 0 Å². The maximum absolute atomic E-state index is 12.5. The van der Waals surface area contributed by atoms with E-state index in [0.29, 0.717) is 56.8 Å². The maximum atomic E-state index is 12.5. The van der Waals surface area contributed by atoms with Gasteiger partial charge in [0, 0.05) is 73.0 Å². The fourth-order valence-corrected chi connectivity index (χ4v) is 15.1. The SMILES string of the molecule is CCOC(=O)c1cccc2c1CC[C@H]1[C@H]2c2cc(O)c(Cl)cc2CCN1C.CN1CCc2cc(Cl)c(O)cc2[C@H]2c3cccc(Br)c3CC[C@@H]21.CN1CCc2cc(Cl)c(O)cc2[C@H]2c3cccc(C(=O)O)c3CC[C@@H]21.OC1CCCO1.[Li+].[OH-]. The first-order valence-corrected chi connectivity index (χ1v) is 30.2. The fraction of sp³-hybridized carbons (Fsp3) is 0.415.